The second kappa shape index (κ2) is 12.4. The smallest absolute Gasteiger partial charge is 0.203 e. The maximum Gasteiger partial charge on any atom is 0.203 e. The number of rotatable bonds is 12. The number of benzene rings is 2. The average molecular weight is 443 g/mol. The first-order valence-corrected chi connectivity index (χ1v) is 10.1. The van der Waals surface area contributed by atoms with Crippen LogP contribution < -0.4 is 23.7 Å². The molecule has 1 unspecified atom stereocenters. The van der Waals surface area contributed by atoms with Crippen LogP contribution in [0.5, 0.6) is 28.7 Å². The van der Waals surface area contributed by atoms with Crippen molar-refractivity contribution >= 4 is 17.9 Å². The zero-order valence-corrected chi connectivity index (χ0v) is 19.3. The fourth-order valence-electron chi connectivity index (χ4n) is 2.99. The number of hydrogen-bond acceptors (Lipinski definition) is 7. The van der Waals surface area contributed by atoms with Crippen molar-refractivity contribution in [2.24, 2.45) is 0 Å². The van der Waals surface area contributed by atoms with Gasteiger partial charge in [0, 0.05) is 12.2 Å². The van der Waals surface area contributed by atoms with Gasteiger partial charge < -0.3 is 28.4 Å². The van der Waals surface area contributed by atoms with Gasteiger partial charge in [0.05, 0.1) is 28.4 Å². The summed E-state index contributed by atoms with van der Waals surface area (Å²) in [4.78, 5) is 12.4. The van der Waals surface area contributed by atoms with Gasteiger partial charge >= 0.3 is 0 Å². The summed E-state index contributed by atoms with van der Waals surface area (Å²) in [6.07, 6.45) is 5.91. The van der Waals surface area contributed by atoms with Gasteiger partial charge in [0.25, 0.3) is 0 Å². The molecule has 0 spiro atoms. The Hall–Kier alpha value is -3.45. The molecule has 172 valence electrons. The topological polar surface area (TPSA) is 72.5 Å². The van der Waals surface area contributed by atoms with Crippen LogP contribution in [0.4, 0.5) is 0 Å². The Morgan fingerprint density at radius 3 is 2.12 bits per heavy atom. The minimum atomic E-state index is -0.393. The van der Waals surface area contributed by atoms with Crippen LogP contribution >= 0.6 is 0 Å². The Bertz CT molecular complexity index is 963. The molecule has 0 radical (unpaired) electrons. The summed E-state index contributed by atoms with van der Waals surface area (Å²) in [6.45, 7) is 4.27. The molecule has 0 bridgehead atoms. The van der Waals surface area contributed by atoms with E-state index >= 15 is 0 Å². The van der Waals surface area contributed by atoms with Gasteiger partial charge in [-0.15, -0.1) is 0 Å². The largest absolute Gasteiger partial charge is 0.493 e. The fourth-order valence-corrected chi connectivity index (χ4v) is 2.99. The first-order chi connectivity index (χ1) is 15.5. The molecule has 0 saturated carbocycles. The lowest BCUT2D eigenvalue weighted by atomic mass is 10.1. The molecule has 0 heterocycles. The van der Waals surface area contributed by atoms with Gasteiger partial charge in [0.15, 0.2) is 35.1 Å². The number of carbonyl (C=O) groups excluding carboxylic acids is 1. The zero-order valence-electron chi connectivity index (χ0n) is 19.3. The maximum atomic E-state index is 12.4. The highest BCUT2D eigenvalue weighted by Gasteiger charge is 2.14. The molecule has 2 aromatic carbocycles. The molecule has 0 fully saturated rings. The summed E-state index contributed by atoms with van der Waals surface area (Å²) >= 11 is 0. The summed E-state index contributed by atoms with van der Waals surface area (Å²) < 4.78 is 32.6. The highest BCUT2D eigenvalue weighted by Crippen LogP contribution is 2.40. The van der Waals surface area contributed by atoms with E-state index in [0.717, 1.165) is 5.56 Å². The van der Waals surface area contributed by atoms with Crippen molar-refractivity contribution in [3.63, 3.8) is 0 Å². The van der Waals surface area contributed by atoms with Crippen LogP contribution in [0.3, 0.4) is 0 Å². The van der Waals surface area contributed by atoms with Crippen LogP contribution in [0.2, 0.25) is 0 Å². The Morgan fingerprint density at radius 1 is 0.844 bits per heavy atom. The van der Waals surface area contributed by atoms with Crippen molar-refractivity contribution < 1.29 is 33.2 Å². The summed E-state index contributed by atoms with van der Waals surface area (Å²) in [6, 6.07) is 8.95. The van der Waals surface area contributed by atoms with Crippen LogP contribution in [0.25, 0.3) is 12.2 Å². The molecule has 32 heavy (non-hydrogen) atoms. The molecule has 2 aromatic rings. The quantitative estimate of drug-likeness (QED) is 0.346. The minimum Gasteiger partial charge on any atom is -0.493 e. The Kier molecular flexibility index (Phi) is 9.63. The second-order valence-corrected chi connectivity index (χ2v) is 6.54. The number of methoxy groups -OCH3 is 4. The van der Waals surface area contributed by atoms with E-state index in [1.54, 1.807) is 50.6 Å². The van der Waals surface area contributed by atoms with E-state index in [2.05, 4.69) is 0 Å². The molecule has 0 amide bonds. The molecule has 0 saturated heterocycles. The Labute approximate surface area is 189 Å². The molecule has 0 N–H and O–H groups in total. The summed E-state index contributed by atoms with van der Waals surface area (Å²) in [7, 11) is 6.18. The van der Waals surface area contributed by atoms with Gasteiger partial charge in [-0.3, -0.25) is 4.79 Å². The van der Waals surface area contributed by atoms with Crippen LogP contribution in [-0.4, -0.2) is 47.1 Å². The fraction of sp³-hybridized carbons (Fsp3) is 0.320. The number of allylic oxidation sites excluding steroid dienone is 2. The van der Waals surface area contributed by atoms with E-state index in [9.17, 15) is 4.79 Å². The normalized spacial score (nSPS) is 12.1. The predicted octanol–water partition coefficient (Wildman–Crippen LogP) is 4.78. The minimum absolute atomic E-state index is 0.189. The molecule has 0 aliphatic rings. The van der Waals surface area contributed by atoms with E-state index in [4.69, 9.17) is 28.4 Å². The summed E-state index contributed by atoms with van der Waals surface area (Å²) in [5.74, 6) is 2.43. The van der Waals surface area contributed by atoms with Crippen molar-refractivity contribution in [1.29, 1.82) is 0 Å². The molecule has 1 atom stereocenters. The van der Waals surface area contributed by atoms with E-state index in [-0.39, 0.29) is 5.78 Å². The molecular formula is C25H30O7. The third kappa shape index (κ3) is 6.52. The number of hydrogen-bond donors (Lipinski definition) is 0. The SMILES string of the molecule is CCOC(C)Oc1ccc(/C=C/C(=O)/C=C/c2ccc(OC)c(OC)c2OC)cc1OC. The predicted molar refractivity (Wildman–Crippen MR) is 124 cm³/mol. The highest BCUT2D eigenvalue weighted by molar-refractivity contribution is 6.04. The van der Waals surface area contributed by atoms with Gasteiger partial charge in [-0.25, -0.2) is 0 Å². The first-order valence-electron chi connectivity index (χ1n) is 10.1. The number of carbonyl (C=O) groups is 1. The standard InChI is InChI=1S/C25H30O7/c1-7-31-17(2)32-21-14-9-18(16-23(21)28-4)8-12-20(26)13-10-19-11-15-22(27-3)25(30-6)24(19)29-5/h8-17H,7H2,1-6H3/b12-8+,13-10+. The third-order valence-electron chi connectivity index (χ3n) is 4.48. The third-order valence-corrected chi connectivity index (χ3v) is 4.48. The van der Waals surface area contributed by atoms with Crippen molar-refractivity contribution in [3.8, 4) is 28.7 Å². The molecule has 7 heteroatoms. The van der Waals surface area contributed by atoms with E-state index in [1.807, 2.05) is 19.9 Å². The van der Waals surface area contributed by atoms with Gasteiger partial charge in [0.1, 0.15) is 0 Å². The van der Waals surface area contributed by atoms with E-state index < -0.39 is 6.29 Å². The lowest BCUT2D eigenvalue weighted by molar-refractivity contribution is -0.110. The van der Waals surface area contributed by atoms with Crippen molar-refractivity contribution in [1.82, 2.24) is 0 Å². The van der Waals surface area contributed by atoms with Crippen molar-refractivity contribution in [3.05, 3.63) is 53.6 Å². The van der Waals surface area contributed by atoms with Crippen molar-refractivity contribution in [2.75, 3.05) is 35.0 Å². The van der Waals surface area contributed by atoms with Crippen LogP contribution in [0.15, 0.2) is 42.5 Å². The monoisotopic (exact) mass is 442 g/mol. The van der Waals surface area contributed by atoms with Gasteiger partial charge in [-0.2, -0.15) is 0 Å². The lowest BCUT2D eigenvalue weighted by Crippen LogP contribution is -2.16. The van der Waals surface area contributed by atoms with Gasteiger partial charge in [0.2, 0.25) is 5.75 Å². The highest BCUT2D eigenvalue weighted by atomic mass is 16.7. The maximum absolute atomic E-state index is 12.4. The van der Waals surface area contributed by atoms with Gasteiger partial charge in [-0.1, -0.05) is 12.1 Å². The van der Waals surface area contributed by atoms with E-state index in [1.165, 1.54) is 26.4 Å². The van der Waals surface area contributed by atoms with E-state index in [0.29, 0.717) is 40.9 Å². The average Bonchev–Trinajstić information content (AvgIpc) is 2.81. The Balaban J connectivity index is 2.14. The number of ether oxygens (including phenoxy) is 6. The Morgan fingerprint density at radius 2 is 1.50 bits per heavy atom. The van der Waals surface area contributed by atoms with Crippen LogP contribution in [0.1, 0.15) is 25.0 Å². The molecule has 0 aromatic heterocycles. The molecular weight excluding hydrogens is 412 g/mol. The number of ketones is 1. The molecule has 0 aliphatic heterocycles. The molecule has 7 nitrogen and oxygen atoms in total. The molecule has 2 rings (SSSR count). The summed E-state index contributed by atoms with van der Waals surface area (Å²) in [5.41, 5.74) is 1.49. The second-order valence-electron chi connectivity index (χ2n) is 6.54. The van der Waals surface area contributed by atoms with Crippen LogP contribution in [-0.2, 0) is 9.53 Å². The first kappa shape index (κ1) is 24.8. The molecule has 0 aliphatic carbocycles. The van der Waals surface area contributed by atoms with Crippen LogP contribution in [0, 0.1) is 0 Å². The lowest BCUT2D eigenvalue weighted by Gasteiger charge is -2.16. The van der Waals surface area contributed by atoms with Crippen molar-refractivity contribution in [2.45, 2.75) is 20.1 Å². The van der Waals surface area contributed by atoms with Gasteiger partial charge in [-0.05, 0) is 61.9 Å². The zero-order chi connectivity index (χ0) is 23.5. The summed E-state index contributed by atoms with van der Waals surface area (Å²) in [5, 5.41) is 0.